The van der Waals surface area contributed by atoms with Crippen LogP contribution in [0.5, 0.6) is 5.75 Å². The molecular formula is C24H26N2O5. The molecule has 1 saturated heterocycles. The summed E-state index contributed by atoms with van der Waals surface area (Å²) in [5, 5.41) is 11.8. The fraction of sp³-hybridized carbons (Fsp3) is 0.375. The summed E-state index contributed by atoms with van der Waals surface area (Å²) in [6.45, 7) is 4.52. The van der Waals surface area contributed by atoms with E-state index in [1.165, 1.54) is 6.07 Å². The third-order valence-electron chi connectivity index (χ3n) is 5.89. The summed E-state index contributed by atoms with van der Waals surface area (Å²) in [6.07, 6.45) is 2.51. The van der Waals surface area contributed by atoms with Gasteiger partial charge < -0.3 is 19.2 Å². The number of aliphatic hydroxyl groups is 1. The molecule has 7 nitrogen and oxygen atoms in total. The number of carbonyl (C=O) groups excluding carboxylic acids is 1. The Morgan fingerprint density at radius 3 is 2.71 bits per heavy atom. The largest absolute Gasteiger partial charge is 0.481 e. The minimum atomic E-state index is -1.02. The van der Waals surface area contributed by atoms with Crippen molar-refractivity contribution in [2.75, 3.05) is 13.1 Å². The Labute approximate surface area is 180 Å². The maximum absolute atomic E-state index is 12.9. The molecule has 3 aromatic rings. The SMILES string of the molecule is CCc1cc(=O)oc2cc(OC(C)C(=O)N3CCC(O)(c4ccccn4)CC3)ccc12. The quantitative estimate of drug-likeness (QED) is 0.636. The van der Waals surface area contributed by atoms with Crippen LogP contribution in [0.3, 0.4) is 0 Å². The number of aryl methyl sites for hydroxylation is 1. The summed E-state index contributed by atoms with van der Waals surface area (Å²) in [7, 11) is 0. The molecule has 7 heteroatoms. The van der Waals surface area contributed by atoms with E-state index < -0.39 is 17.3 Å². The van der Waals surface area contributed by atoms with Crippen LogP contribution in [0.4, 0.5) is 0 Å². The fourth-order valence-corrected chi connectivity index (χ4v) is 4.08. The van der Waals surface area contributed by atoms with E-state index in [0.29, 0.717) is 43.0 Å². The molecule has 0 aliphatic carbocycles. The molecule has 1 unspecified atom stereocenters. The van der Waals surface area contributed by atoms with Gasteiger partial charge in [0.2, 0.25) is 0 Å². The zero-order chi connectivity index (χ0) is 22.0. The van der Waals surface area contributed by atoms with Crippen molar-refractivity contribution in [2.24, 2.45) is 0 Å². The number of ether oxygens (including phenoxy) is 1. The average molecular weight is 422 g/mol. The average Bonchev–Trinajstić information content (AvgIpc) is 2.79. The molecule has 1 aliphatic heterocycles. The molecule has 4 rings (SSSR count). The predicted molar refractivity (Wildman–Crippen MR) is 116 cm³/mol. The molecule has 0 spiro atoms. The van der Waals surface area contributed by atoms with E-state index in [1.807, 2.05) is 31.2 Å². The molecule has 0 saturated carbocycles. The number of benzene rings is 1. The van der Waals surface area contributed by atoms with Gasteiger partial charge in [0.15, 0.2) is 6.10 Å². The number of fused-ring (bicyclic) bond motifs is 1. The van der Waals surface area contributed by atoms with Gasteiger partial charge in [0, 0.05) is 36.8 Å². The molecular weight excluding hydrogens is 396 g/mol. The first-order valence-electron chi connectivity index (χ1n) is 10.6. The maximum Gasteiger partial charge on any atom is 0.336 e. The summed E-state index contributed by atoms with van der Waals surface area (Å²) < 4.78 is 11.2. The number of carbonyl (C=O) groups is 1. The van der Waals surface area contributed by atoms with E-state index in [2.05, 4.69) is 4.98 Å². The van der Waals surface area contributed by atoms with Gasteiger partial charge in [-0.05, 0) is 56.0 Å². The number of rotatable bonds is 5. The third kappa shape index (κ3) is 4.32. The van der Waals surface area contributed by atoms with Crippen molar-refractivity contribution < 1.29 is 19.1 Å². The molecule has 162 valence electrons. The first-order valence-corrected chi connectivity index (χ1v) is 10.6. The lowest BCUT2D eigenvalue weighted by Gasteiger charge is -2.38. The van der Waals surface area contributed by atoms with Crippen LogP contribution in [0.2, 0.25) is 0 Å². The highest BCUT2D eigenvalue weighted by Crippen LogP contribution is 2.32. The van der Waals surface area contributed by atoms with Crippen molar-refractivity contribution in [3.05, 3.63) is 70.3 Å². The van der Waals surface area contributed by atoms with Crippen LogP contribution in [-0.4, -0.2) is 40.1 Å². The van der Waals surface area contributed by atoms with Gasteiger partial charge in [-0.3, -0.25) is 9.78 Å². The monoisotopic (exact) mass is 422 g/mol. The zero-order valence-corrected chi connectivity index (χ0v) is 17.7. The topological polar surface area (TPSA) is 92.9 Å². The van der Waals surface area contributed by atoms with Crippen LogP contribution in [-0.2, 0) is 16.8 Å². The van der Waals surface area contributed by atoms with Crippen molar-refractivity contribution in [1.82, 2.24) is 9.88 Å². The number of amides is 1. The lowest BCUT2D eigenvalue weighted by molar-refractivity contribution is -0.142. The molecule has 1 amide bonds. The van der Waals surface area contributed by atoms with Crippen molar-refractivity contribution in [3.8, 4) is 5.75 Å². The second kappa shape index (κ2) is 8.51. The van der Waals surface area contributed by atoms with Crippen LogP contribution in [0.15, 0.2) is 57.9 Å². The van der Waals surface area contributed by atoms with E-state index in [9.17, 15) is 14.7 Å². The van der Waals surface area contributed by atoms with Gasteiger partial charge in [0.05, 0.1) is 5.69 Å². The van der Waals surface area contributed by atoms with Crippen LogP contribution < -0.4 is 10.4 Å². The highest BCUT2D eigenvalue weighted by molar-refractivity contribution is 5.83. The molecule has 1 atom stereocenters. The number of hydrogen-bond acceptors (Lipinski definition) is 6. The van der Waals surface area contributed by atoms with E-state index in [-0.39, 0.29) is 5.91 Å². The Balaban J connectivity index is 1.43. The van der Waals surface area contributed by atoms with Crippen LogP contribution in [0, 0.1) is 0 Å². The van der Waals surface area contributed by atoms with E-state index in [1.54, 1.807) is 30.2 Å². The summed E-state index contributed by atoms with van der Waals surface area (Å²) >= 11 is 0. The highest BCUT2D eigenvalue weighted by atomic mass is 16.5. The van der Waals surface area contributed by atoms with Gasteiger partial charge in [-0.1, -0.05) is 13.0 Å². The molecule has 1 aliphatic rings. The Hall–Kier alpha value is -3.19. The number of hydrogen-bond donors (Lipinski definition) is 1. The number of pyridine rings is 1. The van der Waals surface area contributed by atoms with Crippen molar-refractivity contribution in [2.45, 2.75) is 44.8 Å². The number of nitrogens with zero attached hydrogens (tertiary/aromatic N) is 2. The molecule has 0 bridgehead atoms. The summed E-state index contributed by atoms with van der Waals surface area (Å²) in [4.78, 5) is 30.6. The molecule has 1 aromatic carbocycles. The Kier molecular flexibility index (Phi) is 5.78. The Bertz CT molecular complexity index is 1130. The normalized spacial score (nSPS) is 16.8. The Morgan fingerprint density at radius 2 is 2.03 bits per heavy atom. The van der Waals surface area contributed by atoms with E-state index in [0.717, 1.165) is 17.4 Å². The standard InChI is InChI=1S/C24H26N2O5/c1-3-17-14-22(27)31-20-15-18(7-8-19(17)20)30-16(2)23(28)26-12-9-24(29,10-13-26)21-6-4-5-11-25-21/h4-8,11,14-16,29H,3,9-10,12-13H2,1-2H3. The van der Waals surface area contributed by atoms with Gasteiger partial charge >= 0.3 is 5.63 Å². The van der Waals surface area contributed by atoms with Gasteiger partial charge in [0.25, 0.3) is 5.91 Å². The molecule has 2 aromatic heterocycles. The molecule has 1 N–H and O–H groups in total. The predicted octanol–water partition coefficient (Wildman–Crippen LogP) is 3.03. The second-order valence-electron chi connectivity index (χ2n) is 7.93. The van der Waals surface area contributed by atoms with Crippen molar-refractivity contribution >= 4 is 16.9 Å². The highest BCUT2D eigenvalue weighted by Gasteiger charge is 2.37. The second-order valence-corrected chi connectivity index (χ2v) is 7.93. The minimum Gasteiger partial charge on any atom is -0.481 e. The van der Waals surface area contributed by atoms with Gasteiger partial charge in [-0.15, -0.1) is 0 Å². The molecule has 31 heavy (non-hydrogen) atoms. The van der Waals surface area contributed by atoms with Gasteiger partial charge in [-0.2, -0.15) is 0 Å². The molecule has 1 fully saturated rings. The minimum absolute atomic E-state index is 0.146. The fourth-order valence-electron chi connectivity index (χ4n) is 4.08. The summed E-state index contributed by atoms with van der Waals surface area (Å²) in [5.74, 6) is 0.318. The van der Waals surface area contributed by atoms with E-state index in [4.69, 9.17) is 9.15 Å². The first kappa shape index (κ1) is 21.1. The summed E-state index contributed by atoms with van der Waals surface area (Å²) in [6, 6.07) is 12.2. The Morgan fingerprint density at radius 1 is 1.26 bits per heavy atom. The lowest BCUT2D eigenvalue weighted by Crippen LogP contribution is -2.49. The molecule has 3 heterocycles. The zero-order valence-electron chi connectivity index (χ0n) is 17.7. The first-order chi connectivity index (χ1) is 14.9. The smallest absolute Gasteiger partial charge is 0.336 e. The number of likely N-dealkylation sites (tertiary alicyclic amines) is 1. The number of aromatic nitrogens is 1. The van der Waals surface area contributed by atoms with Crippen LogP contribution in [0.25, 0.3) is 11.0 Å². The number of piperidine rings is 1. The van der Waals surface area contributed by atoms with Crippen molar-refractivity contribution in [3.63, 3.8) is 0 Å². The maximum atomic E-state index is 12.9. The van der Waals surface area contributed by atoms with Gasteiger partial charge in [-0.25, -0.2) is 4.79 Å². The lowest BCUT2D eigenvalue weighted by atomic mass is 9.87. The van der Waals surface area contributed by atoms with Crippen LogP contribution in [0.1, 0.15) is 37.9 Å². The van der Waals surface area contributed by atoms with Crippen molar-refractivity contribution in [1.29, 1.82) is 0 Å². The third-order valence-corrected chi connectivity index (χ3v) is 5.89. The van der Waals surface area contributed by atoms with E-state index >= 15 is 0 Å². The molecule has 0 radical (unpaired) electrons. The summed E-state index contributed by atoms with van der Waals surface area (Å²) in [5.41, 5.74) is 0.569. The van der Waals surface area contributed by atoms with Gasteiger partial charge in [0.1, 0.15) is 16.9 Å². The van der Waals surface area contributed by atoms with Crippen LogP contribution >= 0.6 is 0 Å².